The van der Waals surface area contributed by atoms with Gasteiger partial charge in [0.15, 0.2) is 5.78 Å². The Bertz CT molecular complexity index is 435. The van der Waals surface area contributed by atoms with Gasteiger partial charge in [-0.25, -0.2) is 4.79 Å². The van der Waals surface area contributed by atoms with E-state index < -0.39 is 5.97 Å². The van der Waals surface area contributed by atoms with Gasteiger partial charge in [-0.05, 0) is 25.5 Å². The van der Waals surface area contributed by atoms with Crippen molar-refractivity contribution in [3.05, 3.63) is 28.8 Å². The molecular formula is C12H14O4. The lowest BCUT2D eigenvalue weighted by Gasteiger charge is -2.12. The van der Waals surface area contributed by atoms with Gasteiger partial charge in [-0.15, -0.1) is 0 Å². The quantitative estimate of drug-likeness (QED) is 0.579. The minimum Gasteiger partial charge on any atom is -0.495 e. The first-order chi connectivity index (χ1) is 7.52. The number of aryl methyl sites for hydroxylation is 1. The van der Waals surface area contributed by atoms with Crippen LogP contribution < -0.4 is 4.74 Å². The maximum absolute atomic E-state index is 11.5. The average molecular weight is 222 g/mol. The molecule has 0 unspecified atom stereocenters. The number of esters is 1. The van der Waals surface area contributed by atoms with Crippen LogP contribution in [-0.2, 0) is 4.74 Å². The number of hydrogen-bond donors (Lipinski definition) is 0. The summed E-state index contributed by atoms with van der Waals surface area (Å²) in [4.78, 5) is 22.9. The summed E-state index contributed by atoms with van der Waals surface area (Å²) in [5.74, 6) is -0.376. The van der Waals surface area contributed by atoms with E-state index >= 15 is 0 Å². The third-order valence-electron chi connectivity index (χ3n) is 2.33. The first-order valence-electron chi connectivity index (χ1n) is 4.79. The molecule has 0 aliphatic heterocycles. The Morgan fingerprint density at radius 2 is 1.81 bits per heavy atom. The maximum atomic E-state index is 11.5. The molecule has 0 radical (unpaired) electrons. The molecule has 0 bridgehead atoms. The number of hydrogen-bond acceptors (Lipinski definition) is 4. The number of carbonyl (C=O) groups excluding carboxylic acids is 2. The van der Waals surface area contributed by atoms with Gasteiger partial charge in [0.05, 0.1) is 19.8 Å². The van der Waals surface area contributed by atoms with E-state index in [9.17, 15) is 9.59 Å². The number of ether oxygens (including phenoxy) is 2. The Hall–Kier alpha value is -1.84. The molecule has 1 aromatic rings. The number of Topliss-reactive ketones (excluding diaryl/α,β-unsaturated/α-hetero) is 1. The van der Waals surface area contributed by atoms with E-state index in [0.29, 0.717) is 5.56 Å². The number of methoxy groups -OCH3 is 2. The molecule has 0 heterocycles. The monoisotopic (exact) mass is 222 g/mol. The highest BCUT2D eigenvalue weighted by Crippen LogP contribution is 2.27. The van der Waals surface area contributed by atoms with Crippen molar-refractivity contribution in [2.24, 2.45) is 0 Å². The zero-order valence-electron chi connectivity index (χ0n) is 9.79. The number of carbonyl (C=O) groups is 2. The third kappa shape index (κ3) is 2.05. The lowest BCUT2D eigenvalue weighted by atomic mass is 10.0. The summed E-state index contributed by atoms with van der Waals surface area (Å²) in [5.41, 5.74) is 1.46. The molecule has 0 saturated heterocycles. The van der Waals surface area contributed by atoms with Crippen molar-refractivity contribution in [2.45, 2.75) is 13.8 Å². The van der Waals surface area contributed by atoms with Crippen molar-refractivity contribution in [2.75, 3.05) is 14.2 Å². The van der Waals surface area contributed by atoms with Gasteiger partial charge in [0.1, 0.15) is 11.3 Å². The molecule has 1 aromatic carbocycles. The molecule has 0 atom stereocenters. The van der Waals surface area contributed by atoms with E-state index in [0.717, 1.165) is 5.56 Å². The SMILES string of the molecule is COC(=O)c1ccc(C)c(C(C)=O)c1OC. The van der Waals surface area contributed by atoms with Crippen LogP contribution in [0.3, 0.4) is 0 Å². The number of benzene rings is 1. The predicted octanol–water partition coefficient (Wildman–Crippen LogP) is 1.99. The Morgan fingerprint density at radius 1 is 1.19 bits per heavy atom. The van der Waals surface area contributed by atoms with E-state index in [2.05, 4.69) is 4.74 Å². The van der Waals surface area contributed by atoms with Crippen LogP contribution in [0.2, 0.25) is 0 Å². The Morgan fingerprint density at radius 3 is 2.25 bits per heavy atom. The van der Waals surface area contributed by atoms with Crippen LogP contribution in [0.4, 0.5) is 0 Å². The van der Waals surface area contributed by atoms with Gasteiger partial charge in [-0.1, -0.05) is 6.07 Å². The van der Waals surface area contributed by atoms with Crippen molar-refractivity contribution in [1.82, 2.24) is 0 Å². The zero-order chi connectivity index (χ0) is 12.3. The van der Waals surface area contributed by atoms with Crippen molar-refractivity contribution in [3.63, 3.8) is 0 Å². The van der Waals surface area contributed by atoms with Gasteiger partial charge in [0, 0.05) is 0 Å². The molecule has 0 aromatic heterocycles. The Labute approximate surface area is 94.2 Å². The van der Waals surface area contributed by atoms with Gasteiger partial charge in [-0.3, -0.25) is 4.79 Å². The van der Waals surface area contributed by atoms with E-state index in [4.69, 9.17) is 4.74 Å². The van der Waals surface area contributed by atoms with Gasteiger partial charge in [0.25, 0.3) is 0 Å². The van der Waals surface area contributed by atoms with Crippen LogP contribution in [0.5, 0.6) is 5.75 Å². The van der Waals surface area contributed by atoms with Gasteiger partial charge in [-0.2, -0.15) is 0 Å². The molecule has 86 valence electrons. The molecule has 0 amide bonds. The van der Waals surface area contributed by atoms with Gasteiger partial charge < -0.3 is 9.47 Å². The van der Waals surface area contributed by atoms with Crippen LogP contribution in [0.15, 0.2) is 12.1 Å². The molecule has 0 saturated carbocycles. The molecule has 1 rings (SSSR count). The molecule has 0 aliphatic carbocycles. The van der Waals surface area contributed by atoms with Crippen LogP contribution in [0.25, 0.3) is 0 Å². The summed E-state index contributed by atoms with van der Waals surface area (Å²) < 4.78 is 9.74. The molecule has 0 spiro atoms. The first-order valence-corrected chi connectivity index (χ1v) is 4.79. The standard InChI is InChI=1S/C12H14O4/c1-7-5-6-9(12(14)16-4)11(15-3)10(7)8(2)13/h5-6H,1-4H3. The van der Waals surface area contributed by atoms with Gasteiger partial charge >= 0.3 is 5.97 Å². The summed E-state index contributed by atoms with van der Waals surface area (Å²) in [6.07, 6.45) is 0. The van der Waals surface area contributed by atoms with E-state index in [1.54, 1.807) is 19.1 Å². The molecule has 16 heavy (non-hydrogen) atoms. The highest BCUT2D eigenvalue weighted by Gasteiger charge is 2.20. The van der Waals surface area contributed by atoms with Crippen LogP contribution in [0.1, 0.15) is 33.2 Å². The van der Waals surface area contributed by atoms with Crippen molar-refractivity contribution in [3.8, 4) is 5.75 Å². The summed E-state index contributed by atoms with van der Waals surface area (Å²) in [6.45, 7) is 3.23. The fourth-order valence-corrected chi connectivity index (χ4v) is 1.60. The van der Waals surface area contributed by atoms with Crippen molar-refractivity contribution in [1.29, 1.82) is 0 Å². The van der Waals surface area contributed by atoms with Gasteiger partial charge in [0.2, 0.25) is 0 Å². The summed E-state index contributed by atoms with van der Waals surface area (Å²) in [7, 11) is 2.71. The fraction of sp³-hybridized carbons (Fsp3) is 0.333. The average Bonchev–Trinajstić information content (AvgIpc) is 2.26. The fourth-order valence-electron chi connectivity index (χ4n) is 1.60. The van der Waals surface area contributed by atoms with Crippen LogP contribution in [0, 0.1) is 6.92 Å². The minimum atomic E-state index is -0.514. The third-order valence-corrected chi connectivity index (χ3v) is 2.33. The zero-order valence-corrected chi connectivity index (χ0v) is 9.79. The molecule has 0 N–H and O–H groups in total. The lowest BCUT2D eigenvalue weighted by Crippen LogP contribution is -2.09. The normalized spacial score (nSPS) is 9.75. The number of rotatable bonds is 3. The minimum absolute atomic E-state index is 0.139. The molecule has 4 heteroatoms. The summed E-state index contributed by atoms with van der Waals surface area (Å²) in [6, 6.07) is 3.29. The smallest absolute Gasteiger partial charge is 0.341 e. The van der Waals surface area contributed by atoms with E-state index in [-0.39, 0.29) is 17.1 Å². The van der Waals surface area contributed by atoms with E-state index in [1.807, 2.05) is 0 Å². The van der Waals surface area contributed by atoms with Crippen LogP contribution >= 0.6 is 0 Å². The predicted molar refractivity (Wildman–Crippen MR) is 59.1 cm³/mol. The second-order valence-corrected chi connectivity index (χ2v) is 3.39. The lowest BCUT2D eigenvalue weighted by molar-refractivity contribution is 0.0597. The topological polar surface area (TPSA) is 52.6 Å². The largest absolute Gasteiger partial charge is 0.495 e. The maximum Gasteiger partial charge on any atom is 0.341 e. The summed E-state index contributed by atoms with van der Waals surface area (Å²) >= 11 is 0. The molecule has 0 aliphatic rings. The van der Waals surface area contributed by atoms with Crippen LogP contribution in [-0.4, -0.2) is 26.0 Å². The Balaban J connectivity index is 3.48. The highest BCUT2D eigenvalue weighted by molar-refractivity contribution is 6.03. The first kappa shape index (κ1) is 12.2. The second-order valence-electron chi connectivity index (χ2n) is 3.39. The summed E-state index contributed by atoms with van der Waals surface area (Å²) in [5, 5.41) is 0. The highest BCUT2D eigenvalue weighted by atomic mass is 16.5. The second kappa shape index (κ2) is 4.79. The van der Waals surface area contributed by atoms with Crippen molar-refractivity contribution < 1.29 is 19.1 Å². The number of ketones is 1. The Kier molecular flexibility index (Phi) is 3.66. The molecule has 0 fully saturated rings. The van der Waals surface area contributed by atoms with E-state index in [1.165, 1.54) is 21.1 Å². The van der Waals surface area contributed by atoms with Crippen molar-refractivity contribution >= 4 is 11.8 Å². The molecule has 4 nitrogen and oxygen atoms in total. The molecular weight excluding hydrogens is 208 g/mol.